The molecule has 3 N–H and O–H groups in total. The van der Waals surface area contributed by atoms with E-state index in [4.69, 9.17) is 10.5 Å². The molecule has 8 rings (SSSR count). The Bertz CT molecular complexity index is 1890. The number of piperidine rings is 3. The third-order valence-electron chi connectivity index (χ3n) is 12.4. The molecule has 1 unspecified atom stereocenters. The van der Waals surface area contributed by atoms with E-state index in [2.05, 4.69) is 26.3 Å². The third-order valence-corrected chi connectivity index (χ3v) is 12.4. The topological polar surface area (TPSA) is 143 Å². The number of hydrogen-bond acceptors (Lipinski definition) is 9. The lowest BCUT2D eigenvalue weighted by atomic mass is 9.63. The van der Waals surface area contributed by atoms with Crippen LogP contribution in [0.1, 0.15) is 78.5 Å². The molecule has 2 aromatic carbocycles. The Morgan fingerprint density at radius 3 is 2.33 bits per heavy atom. The molecule has 1 spiro atoms. The van der Waals surface area contributed by atoms with Crippen molar-refractivity contribution in [3.05, 3.63) is 53.9 Å². The maximum Gasteiger partial charge on any atom is 0.262 e. The molecule has 0 radical (unpaired) electrons. The van der Waals surface area contributed by atoms with Crippen LogP contribution in [0.25, 0.3) is 11.1 Å². The van der Waals surface area contributed by atoms with Gasteiger partial charge in [-0.15, -0.1) is 0 Å². The highest BCUT2D eigenvalue weighted by Gasteiger charge is 2.46. The summed E-state index contributed by atoms with van der Waals surface area (Å²) in [5, 5.41) is 7.02. The quantitative estimate of drug-likeness (QED) is 0.218. The molecular formula is C39H47N7O5. The number of anilines is 3. The smallest absolute Gasteiger partial charge is 0.262 e. The second kappa shape index (κ2) is 13.0. The number of nitrogen functional groups attached to an aromatic ring is 1. The number of carbonyl (C=O) groups excluding carboxylic acids is 4. The summed E-state index contributed by atoms with van der Waals surface area (Å²) in [5.74, 6) is 0.459. The second-order valence-electron chi connectivity index (χ2n) is 15.4. The number of nitrogens with one attached hydrogen (secondary N) is 1. The fraction of sp³-hybridized carbons (Fsp3) is 0.513. The number of nitrogens with two attached hydrogens (primary N) is 1. The lowest BCUT2D eigenvalue weighted by Gasteiger charge is -2.49. The molecule has 4 fully saturated rings. The van der Waals surface area contributed by atoms with Crippen molar-refractivity contribution in [3.8, 4) is 16.9 Å². The standard InChI is InChI=1S/C39H47N7O5/c1-43-22-26(20-42-43)29-17-31(40)35(51-2)18-32(29)44-14-8-25(9-15-44)24-6-11-39(12-7-24)10-3-13-45(23-39)27-4-5-28-30(16-27)38(50)46(37(28)49)33-21-41-36(48)19-34(33)47/h4-5,16-18,20,22,24-25,33H,3,6-15,19,21,23,40H2,1-2H3,(H,41,48). The molecule has 1 aromatic heterocycles. The molecule has 3 amide bonds. The first-order valence-electron chi connectivity index (χ1n) is 18.4. The van der Waals surface area contributed by atoms with Crippen LogP contribution in [0.5, 0.6) is 5.75 Å². The van der Waals surface area contributed by atoms with Crippen LogP contribution in [0.15, 0.2) is 42.7 Å². The number of Topliss-reactive ketones (excluding diaryl/α,β-unsaturated/α-hetero) is 1. The van der Waals surface area contributed by atoms with Crippen LogP contribution in [-0.4, -0.2) is 84.1 Å². The van der Waals surface area contributed by atoms with Gasteiger partial charge in [0, 0.05) is 74.5 Å². The van der Waals surface area contributed by atoms with Gasteiger partial charge in [-0.2, -0.15) is 5.10 Å². The summed E-state index contributed by atoms with van der Waals surface area (Å²) in [6, 6.07) is 8.68. The molecule has 1 atom stereocenters. The highest BCUT2D eigenvalue weighted by Crippen LogP contribution is 2.49. The molecule has 1 saturated carbocycles. The van der Waals surface area contributed by atoms with Crippen molar-refractivity contribution in [1.29, 1.82) is 0 Å². The van der Waals surface area contributed by atoms with Gasteiger partial charge in [0.2, 0.25) is 5.91 Å². The number of aryl methyl sites for hydroxylation is 1. The first-order chi connectivity index (χ1) is 24.6. The molecule has 268 valence electrons. The van der Waals surface area contributed by atoms with Crippen molar-refractivity contribution < 1.29 is 23.9 Å². The average molecular weight is 694 g/mol. The Balaban J connectivity index is 0.900. The lowest BCUT2D eigenvalue weighted by Crippen LogP contribution is -2.55. The SMILES string of the molecule is COc1cc(N2CCC(C3CCC4(CCCN(c5ccc6c(c5)C(=O)N(C5CNC(=O)CC5=O)C6=O)C4)CC3)CC2)c(-c2cnn(C)c2)cc1N. The molecule has 3 aromatic rings. The van der Waals surface area contributed by atoms with Gasteiger partial charge >= 0.3 is 0 Å². The van der Waals surface area contributed by atoms with E-state index in [9.17, 15) is 19.2 Å². The number of ether oxygens (including phenoxy) is 1. The molecule has 5 aliphatic rings. The Labute approximate surface area is 298 Å². The number of methoxy groups -OCH3 is 1. The minimum atomic E-state index is -0.954. The van der Waals surface area contributed by atoms with Crippen LogP contribution in [0.2, 0.25) is 0 Å². The number of rotatable bonds is 6. The van der Waals surface area contributed by atoms with Crippen molar-refractivity contribution in [2.24, 2.45) is 24.3 Å². The van der Waals surface area contributed by atoms with Gasteiger partial charge in [-0.3, -0.25) is 28.8 Å². The van der Waals surface area contributed by atoms with Gasteiger partial charge in [-0.25, -0.2) is 0 Å². The first kappa shape index (κ1) is 33.3. The van der Waals surface area contributed by atoms with E-state index >= 15 is 0 Å². The summed E-state index contributed by atoms with van der Waals surface area (Å²) < 4.78 is 7.43. The van der Waals surface area contributed by atoms with Crippen molar-refractivity contribution in [3.63, 3.8) is 0 Å². The Morgan fingerprint density at radius 1 is 0.882 bits per heavy atom. The van der Waals surface area contributed by atoms with E-state index < -0.39 is 23.6 Å². The zero-order valence-electron chi connectivity index (χ0n) is 29.5. The zero-order chi connectivity index (χ0) is 35.4. The highest BCUT2D eigenvalue weighted by molar-refractivity contribution is 6.24. The molecule has 12 heteroatoms. The van der Waals surface area contributed by atoms with Crippen LogP contribution >= 0.6 is 0 Å². The number of hydrogen-bond donors (Lipinski definition) is 2. The normalized spacial score (nSPS) is 25.8. The largest absolute Gasteiger partial charge is 0.495 e. The zero-order valence-corrected chi connectivity index (χ0v) is 29.5. The van der Waals surface area contributed by atoms with Gasteiger partial charge in [0.25, 0.3) is 11.8 Å². The number of ketones is 1. The first-order valence-corrected chi connectivity index (χ1v) is 18.4. The van der Waals surface area contributed by atoms with E-state index in [1.54, 1.807) is 13.2 Å². The summed E-state index contributed by atoms with van der Waals surface area (Å²) in [6.45, 7) is 3.84. The second-order valence-corrected chi connectivity index (χ2v) is 15.4. The van der Waals surface area contributed by atoms with Crippen LogP contribution in [-0.2, 0) is 16.6 Å². The Kier molecular flexibility index (Phi) is 8.50. The molecule has 12 nitrogen and oxygen atoms in total. The van der Waals surface area contributed by atoms with Crippen LogP contribution in [0.3, 0.4) is 0 Å². The Hall–Kier alpha value is -4.87. The summed E-state index contributed by atoms with van der Waals surface area (Å²) in [4.78, 5) is 56.9. The van der Waals surface area contributed by atoms with Crippen molar-refractivity contribution in [1.82, 2.24) is 20.0 Å². The predicted octanol–water partition coefficient (Wildman–Crippen LogP) is 4.42. The molecule has 4 aliphatic heterocycles. The van der Waals surface area contributed by atoms with Crippen molar-refractivity contribution in [2.75, 3.05) is 55.4 Å². The Morgan fingerprint density at radius 2 is 1.63 bits per heavy atom. The van der Waals surface area contributed by atoms with E-state index in [1.165, 1.54) is 44.9 Å². The summed E-state index contributed by atoms with van der Waals surface area (Å²) in [6.07, 6.45) is 13.2. The minimum Gasteiger partial charge on any atom is -0.495 e. The van der Waals surface area contributed by atoms with Gasteiger partial charge < -0.3 is 25.6 Å². The number of nitrogens with zero attached hydrogens (tertiary/aromatic N) is 5. The van der Waals surface area contributed by atoms with Crippen LogP contribution < -0.4 is 25.6 Å². The highest BCUT2D eigenvalue weighted by atomic mass is 16.5. The van der Waals surface area contributed by atoms with E-state index in [1.807, 2.05) is 42.3 Å². The predicted molar refractivity (Wildman–Crippen MR) is 194 cm³/mol. The van der Waals surface area contributed by atoms with Gasteiger partial charge in [0.1, 0.15) is 11.8 Å². The van der Waals surface area contributed by atoms with E-state index in [0.717, 1.165) is 65.9 Å². The molecule has 1 aliphatic carbocycles. The average Bonchev–Trinajstić information content (AvgIpc) is 3.68. The minimum absolute atomic E-state index is 0.0321. The van der Waals surface area contributed by atoms with Crippen LogP contribution in [0, 0.1) is 17.3 Å². The number of aromatic nitrogens is 2. The van der Waals surface area contributed by atoms with Gasteiger partial charge in [-0.1, -0.05) is 0 Å². The number of imide groups is 1. The molecule has 3 saturated heterocycles. The van der Waals surface area contributed by atoms with Crippen molar-refractivity contribution >= 4 is 40.6 Å². The summed E-state index contributed by atoms with van der Waals surface area (Å²) in [5.41, 5.74) is 12.2. The van der Waals surface area contributed by atoms with Gasteiger partial charge in [0.15, 0.2) is 5.78 Å². The van der Waals surface area contributed by atoms with Crippen molar-refractivity contribution in [2.45, 2.75) is 63.8 Å². The fourth-order valence-corrected chi connectivity index (χ4v) is 9.61. The monoisotopic (exact) mass is 693 g/mol. The number of carbonyl (C=O) groups is 4. The molecule has 0 bridgehead atoms. The summed E-state index contributed by atoms with van der Waals surface area (Å²) >= 11 is 0. The number of benzene rings is 2. The summed E-state index contributed by atoms with van der Waals surface area (Å²) in [7, 11) is 3.60. The number of amides is 3. The molecular weight excluding hydrogens is 646 g/mol. The van der Waals surface area contributed by atoms with E-state index in [-0.39, 0.29) is 24.3 Å². The third kappa shape index (κ3) is 6.02. The van der Waals surface area contributed by atoms with Crippen LogP contribution in [0.4, 0.5) is 17.1 Å². The molecule has 5 heterocycles. The fourth-order valence-electron chi connectivity index (χ4n) is 9.61. The van der Waals surface area contributed by atoms with Gasteiger partial charge in [-0.05, 0) is 92.9 Å². The molecule has 51 heavy (non-hydrogen) atoms. The number of fused-ring (bicyclic) bond motifs is 1. The maximum absolute atomic E-state index is 13.5. The lowest BCUT2D eigenvalue weighted by molar-refractivity contribution is -0.133. The maximum atomic E-state index is 13.5. The van der Waals surface area contributed by atoms with E-state index in [0.29, 0.717) is 28.5 Å². The van der Waals surface area contributed by atoms with Gasteiger partial charge in [0.05, 0.1) is 36.5 Å².